The summed E-state index contributed by atoms with van der Waals surface area (Å²) in [5.74, 6) is 0.400. The predicted octanol–water partition coefficient (Wildman–Crippen LogP) is 4.42. The van der Waals surface area contributed by atoms with Crippen LogP contribution in [0.3, 0.4) is 0 Å². The zero-order valence-electron chi connectivity index (χ0n) is 16.5. The van der Waals surface area contributed by atoms with E-state index in [1.54, 1.807) is 67.6 Å². The number of methoxy groups -OCH3 is 1. The highest BCUT2D eigenvalue weighted by molar-refractivity contribution is 6.12. The molecular formula is C22H20N4O4. The van der Waals surface area contributed by atoms with Crippen LogP contribution in [-0.2, 0) is 0 Å². The minimum Gasteiger partial charge on any atom is -0.497 e. The van der Waals surface area contributed by atoms with Crippen molar-refractivity contribution in [2.24, 2.45) is 0 Å². The van der Waals surface area contributed by atoms with E-state index in [1.165, 1.54) is 6.07 Å². The second-order valence-electron chi connectivity index (χ2n) is 6.75. The molecule has 152 valence electrons. The first kappa shape index (κ1) is 19.3. The molecule has 0 saturated carbocycles. The SMILES string of the molecule is CNc1ccc([C@@H]2Nc3ccccc3C(=O)N2c2cccc(OC)c2)cc1[N+](=O)[O-]. The Bertz CT molecular complexity index is 1130. The van der Waals surface area contributed by atoms with Crippen LogP contribution in [0.15, 0.2) is 66.7 Å². The first-order chi connectivity index (χ1) is 14.5. The third-order valence-electron chi connectivity index (χ3n) is 5.06. The maximum Gasteiger partial charge on any atom is 0.292 e. The lowest BCUT2D eigenvalue weighted by Crippen LogP contribution is -2.43. The Balaban J connectivity index is 1.88. The lowest BCUT2D eigenvalue weighted by molar-refractivity contribution is -0.384. The van der Waals surface area contributed by atoms with E-state index in [9.17, 15) is 14.9 Å². The van der Waals surface area contributed by atoms with Gasteiger partial charge in [0, 0.05) is 30.4 Å². The number of benzene rings is 3. The first-order valence-electron chi connectivity index (χ1n) is 9.32. The van der Waals surface area contributed by atoms with Gasteiger partial charge in [-0.3, -0.25) is 19.8 Å². The summed E-state index contributed by atoms with van der Waals surface area (Å²) >= 11 is 0. The van der Waals surface area contributed by atoms with E-state index in [2.05, 4.69) is 10.6 Å². The van der Waals surface area contributed by atoms with Crippen molar-refractivity contribution in [3.05, 3.63) is 88.0 Å². The molecular weight excluding hydrogens is 384 g/mol. The Morgan fingerprint density at radius 2 is 1.90 bits per heavy atom. The highest BCUT2D eigenvalue weighted by Gasteiger charge is 2.35. The summed E-state index contributed by atoms with van der Waals surface area (Å²) in [4.78, 5) is 26.1. The molecule has 4 rings (SSSR count). The normalized spacial score (nSPS) is 15.2. The lowest BCUT2D eigenvalue weighted by Gasteiger charge is -2.38. The third kappa shape index (κ3) is 3.28. The van der Waals surface area contributed by atoms with Crippen LogP contribution in [0.1, 0.15) is 22.1 Å². The lowest BCUT2D eigenvalue weighted by atomic mass is 10.0. The van der Waals surface area contributed by atoms with Crippen molar-refractivity contribution in [3.63, 3.8) is 0 Å². The molecule has 8 heteroatoms. The number of nitro benzene ring substituents is 1. The minimum absolute atomic E-state index is 0.0614. The van der Waals surface area contributed by atoms with Gasteiger partial charge in [0.25, 0.3) is 11.6 Å². The molecule has 0 aromatic heterocycles. The van der Waals surface area contributed by atoms with Crippen LogP contribution in [0.5, 0.6) is 5.75 Å². The van der Waals surface area contributed by atoms with Crippen molar-refractivity contribution in [2.75, 3.05) is 29.7 Å². The molecule has 0 bridgehead atoms. The molecule has 0 spiro atoms. The highest BCUT2D eigenvalue weighted by atomic mass is 16.6. The fraction of sp³-hybridized carbons (Fsp3) is 0.136. The summed E-state index contributed by atoms with van der Waals surface area (Å²) in [5.41, 5.74) is 2.75. The number of ether oxygens (including phenoxy) is 1. The van der Waals surface area contributed by atoms with Gasteiger partial charge in [-0.15, -0.1) is 0 Å². The molecule has 0 unspecified atom stereocenters. The minimum atomic E-state index is -0.635. The van der Waals surface area contributed by atoms with Gasteiger partial charge in [-0.25, -0.2) is 0 Å². The molecule has 1 atom stereocenters. The number of nitrogens with one attached hydrogen (secondary N) is 2. The Morgan fingerprint density at radius 3 is 2.63 bits per heavy atom. The van der Waals surface area contributed by atoms with Gasteiger partial charge in [0.2, 0.25) is 0 Å². The molecule has 0 fully saturated rings. The van der Waals surface area contributed by atoms with Crippen molar-refractivity contribution in [1.82, 2.24) is 0 Å². The van der Waals surface area contributed by atoms with E-state index in [-0.39, 0.29) is 11.6 Å². The number of nitro groups is 1. The van der Waals surface area contributed by atoms with Gasteiger partial charge in [-0.05, 0) is 30.3 Å². The largest absolute Gasteiger partial charge is 0.497 e. The van der Waals surface area contributed by atoms with Crippen LogP contribution in [-0.4, -0.2) is 25.0 Å². The second kappa shape index (κ2) is 7.75. The number of hydrogen-bond donors (Lipinski definition) is 2. The Hall–Kier alpha value is -4.07. The molecule has 3 aromatic rings. The van der Waals surface area contributed by atoms with Crippen LogP contribution < -0.4 is 20.3 Å². The molecule has 30 heavy (non-hydrogen) atoms. The summed E-state index contributed by atoms with van der Waals surface area (Å²) in [6.07, 6.45) is -0.635. The average Bonchev–Trinajstić information content (AvgIpc) is 2.78. The third-order valence-corrected chi connectivity index (χ3v) is 5.06. The molecule has 3 aromatic carbocycles. The van der Waals surface area contributed by atoms with Crippen LogP contribution in [0.25, 0.3) is 0 Å². The second-order valence-corrected chi connectivity index (χ2v) is 6.75. The molecule has 0 aliphatic carbocycles. The van der Waals surface area contributed by atoms with Crippen LogP contribution in [0, 0.1) is 10.1 Å². The van der Waals surface area contributed by atoms with Gasteiger partial charge < -0.3 is 15.4 Å². The van der Waals surface area contributed by atoms with E-state index >= 15 is 0 Å². The number of carbonyl (C=O) groups excluding carboxylic acids is 1. The fourth-order valence-electron chi connectivity index (χ4n) is 3.59. The van der Waals surface area contributed by atoms with E-state index in [4.69, 9.17) is 4.74 Å². The molecule has 0 saturated heterocycles. The number of hydrogen-bond acceptors (Lipinski definition) is 6. The molecule has 1 heterocycles. The number of para-hydroxylation sites is 1. The number of nitrogens with zero attached hydrogens (tertiary/aromatic N) is 2. The predicted molar refractivity (Wildman–Crippen MR) is 115 cm³/mol. The van der Waals surface area contributed by atoms with Crippen LogP contribution >= 0.6 is 0 Å². The maximum atomic E-state index is 13.4. The summed E-state index contributed by atoms with van der Waals surface area (Å²) in [6.45, 7) is 0. The first-order valence-corrected chi connectivity index (χ1v) is 9.32. The average molecular weight is 404 g/mol. The number of anilines is 3. The van der Waals surface area contributed by atoms with Gasteiger partial charge >= 0.3 is 0 Å². The zero-order chi connectivity index (χ0) is 21.3. The van der Waals surface area contributed by atoms with Gasteiger partial charge in [0.1, 0.15) is 17.6 Å². The van der Waals surface area contributed by atoms with Gasteiger partial charge in [0.05, 0.1) is 23.3 Å². The summed E-state index contributed by atoms with van der Waals surface area (Å²) < 4.78 is 5.32. The Labute approximate surface area is 173 Å². The number of carbonyl (C=O) groups is 1. The topological polar surface area (TPSA) is 96.7 Å². The van der Waals surface area contributed by atoms with Gasteiger partial charge in [-0.2, -0.15) is 0 Å². The van der Waals surface area contributed by atoms with Crippen LogP contribution in [0.2, 0.25) is 0 Å². The van der Waals surface area contributed by atoms with Crippen LogP contribution in [0.4, 0.5) is 22.7 Å². The quantitative estimate of drug-likeness (QED) is 0.483. The summed E-state index contributed by atoms with van der Waals surface area (Å²) in [5, 5.41) is 17.7. The number of amides is 1. The monoisotopic (exact) mass is 404 g/mol. The molecule has 2 N–H and O–H groups in total. The van der Waals surface area contributed by atoms with E-state index < -0.39 is 11.1 Å². The molecule has 1 aliphatic heterocycles. The van der Waals surface area contributed by atoms with E-state index in [1.807, 2.05) is 12.1 Å². The summed E-state index contributed by atoms with van der Waals surface area (Å²) in [6, 6.07) is 19.3. The maximum absolute atomic E-state index is 13.4. The standard InChI is InChI=1S/C22H20N4O4/c1-23-19-11-10-14(12-20(19)26(28)29)21-24-18-9-4-3-8-17(18)22(27)25(21)15-6-5-7-16(13-15)30-2/h3-13,21,23-24H,1-2H3/t21-/m1/s1. The van der Waals surface area contributed by atoms with E-state index in [0.29, 0.717) is 33.9 Å². The van der Waals surface area contributed by atoms with Crippen molar-refractivity contribution in [3.8, 4) is 5.75 Å². The number of fused-ring (bicyclic) bond motifs is 1. The molecule has 0 radical (unpaired) electrons. The van der Waals surface area contributed by atoms with Crippen molar-refractivity contribution in [2.45, 2.75) is 6.17 Å². The fourth-order valence-corrected chi connectivity index (χ4v) is 3.59. The highest BCUT2D eigenvalue weighted by Crippen LogP contribution is 2.39. The number of rotatable bonds is 5. The summed E-state index contributed by atoms with van der Waals surface area (Å²) in [7, 11) is 3.19. The Kier molecular flexibility index (Phi) is 4.97. The molecule has 1 amide bonds. The van der Waals surface area contributed by atoms with Gasteiger partial charge in [0.15, 0.2) is 0 Å². The van der Waals surface area contributed by atoms with E-state index in [0.717, 1.165) is 0 Å². The smallest absolute Gasteiger partial charge is 0.292 e. The zero-order valence-corrected chi connectivity index (χ0v) is 16.5. The molecule has 8 nitrogen and oxygen atoms in total. The Morgan fingerprint density at radius 1 is 1.10 bits per heavy atom. The van der Waals surface area contributed by atoms with Crippen molar-refractivity contribution >= 4 is 28.7 Å². The van der Waals surface area contributed by atoms with Crippen molar-refractivity contribution in [1.29, 1.82) is 0 Å². The van der Waals surface area contributed by atoms with Crippen molar-refractivity contribution < 1.29 is 14.5 Å². The van der Waals surface area contributed by atoms with Gasteiger partial charge in [-0.1, -0.05) is 24.3 Å². The molecule has 1 aliphatic rings.